The summed E-state index contributed by atoms with van der Waals surface area (Å²) in [7, 11) is 0. The first kappa shape index (κ1) is 7.02. The standard InChI is InChI=1S/C7H7N3O2/c11-7(12)5-1-4-2-8-9-3-6(4)10-5/h2-3,5,10H,1H2,(H,11,12). The van der Waals surface area contributed by atoms with Gasteiger partial charge in [0.15, 0.2) is 0 Å². The SMILES string of the molecule is O=C(O)C1Cc2cnncc2N1. The highest BCUT2D eigenvalue weighted by Crippen LogP contribution is 2.22. The molecule has 1 aromatic heterocycles. The van der Waals surface area contributed by atoms with Crippen LogP contribution in [0.5, 0.6) is 0 Å². The fourth-order valence-electron chi connectivity index (χ4n) is 1.25. The van der Waals surface area contributed by atoms with Crippen LogP contribution in [0.2, 0.25) is 0 Å². The van der Waals surface area contributed by atoms with Crippen LogP contribution in [0.25, 0.3) is 0 Å². The maximum atomic E-state index is 10.6. The van der Waals surface area contributed by atoms with Crippen LogP contribution in [-0.2, 0) is 11.2 Å². The number of fused-ring (bicyclic) bond motifs is 1. The Bertz CT molecular complexity index is 301. The second kappa shape index (κ2) is 2.44. The van der Waals surface area contributed by atoms with Gasteiger partial charge in [-0.15, -0.1) is 0 Å². The smallest absolute Gasteiger partial charge is 0.326 e. The Morgan fingerprint density at radius 3 is 3.00 bits per heavy atom. The molecule has 1 aliphatic rings. The van der Waals surface area contributed by atoms with Crippen molar-refractivity contribution in [2.45, 2.75) is 12.5 Å². The van der Waals surface area contributed by atoms with Crippen molar-refractivity contribution in [2.24, 2.45) is 0 Å². The third kappa shape index (κ3) is 0.990. The first-order valence-electron chi connectivity index (χ1n) is 3.56. The lowest BCUT2D eigenvalue weighted by Crippen LogP contribution is -2.26. The fraction of sp³-hybridized carbons (Fsp3) is 0.286. The molecule has 0 fully saturated rings. The Labute approximate surface area is 68.4 Å². The van der Waals surface area contributed by atoms with Gasteiger partial charge in [-0.05, 0) is 5.56 Å². The van der Waals surface area contributed by atoms with Gasteiger partial charge in [0.1, 0.15) is 6.04 Å². The van der Waals surface area contributed by atoms with Crippen LogP contribution in [0.3, 0.4) is 0 Å². The zero-order valence-electron chi connectivity index (χ0n) is 6.19. The molecule has 2 heterocycles. The predicted octanol–water partition coefficient (Wildman–Crippen LogP) is -0.102. The second-order valence-corrected chi connectivity index (χ2v) is 2.67. The maximum Gasteiger partial charge on any atom is 0.326 e. The summed E-state index contributed by atoms with van der Waals surface area (Å²) in [5.74, 6) is -0.841. The van der Waals surface area contributed by atoms with Gasteiger partial charge in [-0.25, -0.2) is 4.79 Å². The lowest BCUT2D eigenvalue weighted by molar-refractivity contribution is -0.137. The van der Waals surface area contributed by atoms with Gasteiger partial charge in [-0.2, -0.15) is 10.2 Å². The normalized spacial score (nSPS) is 19.8. The third-order valence-electron chi connectivity index (χ3n) is 1.86. The molecule has 2 N–H and O–H groups in total. The average molecular weight is 165 g/mol. The molecule has 5 nitrogen and oxygen atoms in total. The van der Waals surface area contributed by atoms with Gasteiger partial charge in [0, 0.05) is 6.42 Å². The monoisotopic (exact) mass is 165 g/mol. The fourth-order valence-corrected chi connectivity index (χ4v) is 1.25. The highest BCUT2D eigenvalue weighted by atomic mass is 16.4. The molecule has 0 aliphatic carbocycles. The maximum absolute atomic E-state index is 10.6. The summed E-state index contributed by atoms with van der Waals surface area (Å²) in [6.45, 7) is 0. The molecule has 1 aliphatic heterocycles. The highest BCUT2D eigenvalue weighted by molar-refractivity contribution is 5.80. The summed E-state index contributed by atoms with van der Waals surface area (Å²) in [4.78, 5) is 10.6. The number of hydrogen-bond donors (Lipinski definition) is 2. The van der Waals surface area contributed by atoms with E-state index >= 15 is 0 Å². The van der Waals surface area contributed by atoms with Crippen molar-refractivity contribution >= 4 is 11.7 Å². The van der Waals surface area contributed by atoms with E-state index in [1.807, 2.05) is 0 Å². The van der Waals surface area contributed by atoms with Crippen molar-refractivity contribution in [3.63, 3.8) is 0 Å². The van der Waals surface area contributed by atoms with Gasteiger partial charge in [0.2, 0.25) is 0 Å². The minimum atomic E-state index is -0.841. The van der Waals surface area contributed by atoms with Crippen LogP contribution in [-0.4, -0.2) is 27.3 Å². The lowest BCUT2D eigenvalue weighted by Gasteiger charge is -2.02. The van der Waals surface area contributed by atoms with E-state index in [0.717, 1.165) is 11.3 Å². The summed E-state index contributed by atoms with van der Waals surface area (Å²) in [6, 6.07) is -0.522. The zero-order chi connectivity index (χ0) is 8.55. The molecule has 1 atom stereocenters. The van der Waals surface area contributed by atoms with E-state index in [-0.39, 0.29) is 0 Å². The zero-order valence-corrected chi connectivity index (χ0v) is 6.19. The summed E-state index contributed by atoms with van der Waals surface area (Å²) >= 11 is 0. The number of aliphatic carboxylic acids is 1. The Hall–Kier alpha value is -1.65. The molecule has 0 spiro atoms. The Balaban J connectivity index is 2.27. The minimum absolute atomic E-state index is 0.486. The first-order valence-corrected chi connectivity index (χ1v) is 3.56. The van der Waals surface area contributed by atoms with Crippen molar-refractivity contribution in [3.05, 3.63) is 18.0 Å². The molecule has 12 heavy (non-hydrogen) atoms. The highest BCUT2D eigenvalue weighted by Gasteiger charge is 2.26. The number of carbonyl (C=O) groups is 1. The Morgan fingerprint density at radius 2 is 2.33 bits per heavy atom. The average Bonchev–Trinajstić information content (AvgIpc) is 2.46. The van der Waals surface area contributed by atoms with E-state index in [4.69, 9.17) is 5.11 Å². The van der Waals surface area contributed by atoms with Crippen LogP contribution < -0.4 is 5.32 Å². The lowest BCUT2D eigenvalue weighted by atomic mass is 10.2. The van der Waals surface area contributed by atoms with Crippen LogP contribution >= 0.6 is 0 Å². The second-order valence-electron chi connectivity index (χ2n) is 2.67. The number of hydrogen-bond acceptors (Lipinski definition) is 4. The molecule has 0 radical (unpaired) electrons. The molecule has 0 saturated heterocycles. The number of nitrogens with one attached hydrogen (secondary N) is 1. The molecular weight excluding hydrogens is 158 g/mol. The van der Waals surface area contributed by atoms with Crippen LogP contribution in [0, 0.1) is 0 Å². The Morgan fingerprint density at radius 1 is 1.58 bits per heavy atom. The number of carboxylic acids is 1. The van der Waals surface area contributed by atoms with Gasteiger partial charge in [-0.3, -0.25) is 0 Å². The molecular formula is C7H7N3O2. The molecule has 0 bridgehead atoms. The summed E-state index contributed by atoms with van der Waals surface area (Å²) in [5, 5.41) is 18.8. The van der Waals surface area contributed by atoms with Crippen molar-refractivity contribution < 1.29 is 9.90 Å². The van der Waals surface area contributed by atoms with E-state index in [1.54, 1.807) is 6.20 Å². The van der Waals surface area contributed by atoms with Crippen LogP contribution in [0.1, 0.15) is 5.56 Å². The van der Waals surface area contributed by atoms with E-state index in [1.165, 1.54) is 6.20 Å². The molecule has 0 aromatic carbocycles. The van der Waals surface area contributed by atoms with E-state index in [9.17, 15) is 4.79 Å². The number of carboxylic acid groups (broad SMARTS) is 1. The Kier molecular flexibility index (Phi) is 1.43. The van der Waals surface area contributed by atoms with Crippen LogP contribution in [0.15, 0.2) is 12.4 Å². The van der Waals surface area contributed by atoms with Gasteiger partial charge < -0.3 is 10.4 Å². The molecule has 0 saturated carbocycles. The molecule has 2 rings (SSSR count). The topological polar surface area (TPSA) is 75.1 Å². The van der Waals surface area contributed by atoms with Crippen molar-refractivity contribution in [1.29, 1.82) is 0 Å². The summed E-state index contributed by atoms with van der Waals surface area (Å²) in [5.41, 5.74) is 1.69. The quantitative estimate of drug-likeness (QED) is 0.607. The van der Waals surface area contributed by atoms with Gasteiger partial charge in [0.05, 0.1) is 18.1 Å². The third-order valence-corrected chi connectivity index (χ3v) is 1.86. The van der Waals surface area contributed by atoms with E-state index in [0.29, 0.717) is 6.42 Å². The van der Waals surface area contributed by atoms with Crippen molar-refractivity contribution in [2.75, 3.05) is 5.32 Å². The summed E-state index contributed by atoms with van der Waals surface area (Å²) in [6.07, 6.45) is 3.61. The van der Waals surface area contributed by atoms with E-state index in [2.05, 4.69) is 15.5 Å². The van der Waals surface area contributed by atoms with Crippen LogP contribution in [0.4, 0.5) is 5.69 Å². The number of rotatable bonds is 1. The van der Waals surface area contributed by atoms with Gasteiger partial charge in [0.25, 0.3) is 0 Å². The number of nitrogens with zero attached hydrogens (tertiary/aromatic N) is 2. The van der Waals surface area contributed by atoms with Crippen molar-refractivity contribution in [3.8, 4) is 0 Å². The largest absolute Gasteiger partial charge is 0.480 e. The summed E-state index contributed by atoms with van der Waals surface area (Å²) < 4.78 is 0. The first-order chi connectivity index (χ1) is 5.77. The molecule has 5 heteroatoms. The van der Waals surface area contributed by atoms with Gasteiger partial charge in [-0.1, -0.05) is 0 Å². The molecule has 62 valence electrons. The van der Waals surface area contributed by atoms with Gasteiger partial charge >= 0.3 is 5.97 Å². The molecule has 1 unspecified atom stereocenters. The number of aromatic nitrogens is 2. The van der Waals surface area contributed by atoms with Crippen molar-refractivity contribution in [1.82, 2.24) is 10.2 Å². The number of anilines is 1. The molecule has 0 amide bonds. The predicted molar refractivity (Wildman–Crippen MR) is 40.8 cm³/mol. The molecule has 1 aromatic rings. The van der Waals surface area contributed by atoms with E-state index < -0.39 is 12.0 Å². The minimum Gasteiger partial charge on any atom is -0.480 e.